The fourth-order valence-corrected chi connectivity index (χ4v) is 0.746. The summed E-state index contributed by atoms with van der Waals surface area (Å²) in [6.07, 6.45) is 0. The molecule has 14 heavy (non-hydrogen) atoms. The van der Waals surface area contributed by atoms with Gasteiger partial charge in [-0.3, -0.25) is 10.1 Å². The Morgan fingerprint density at radius 2 is 1.93 bits per heavy atom. The van der Waals surface area contributed by atoms with Gasteiger partial charge in [-0.1, -0.05) is 12.1 Å². The summed E-state index contributed by atoms with van der Waals surface area (Å²) in [5.41, 5.74) is -0.444. The molecule has 6 nitrogen and oxygen atoms in total. The van der Waals surface area contributed by atoms with E-state index in [0.29, 0.717) is 0 Å². The zero-order chi connectivity index (χ0) is 9.14. The molecule has 7 heteroatoms. The average molecular weight is 207 g/mol. The summed E-state index contributed by atoms with van der Waals surface area (Å²) >= 11 is 0. The van der Waals surface area contributed by atoms with Crippen molar-refractivity contribution in [1.29, 1.82) is 0 Å². The summed E-state index contributed by atoms with van der Waals surface area (Å²) < 4.78 is 0. The van der Waals surface area contributed by atoms with Crippen molar-refractivity contribution in [3.8, 4) is 0 Å². The molecule has 0 saturated carbocycles. The first-order valence-electron chi connectivity index (χ1n) is 3.07. The number of hydrogen-bond donors (Lipinski definition) is 0. The minimum absolute atomic E-state index is 0. The number of nitro benzene ring substituents is 1. The summed E-state index contributed by atoms with van der Waals surface area (Å²) in [6.45, 7) is 0. The number of nitro groups is 1. The van der Waals surface area contributed by atoms with E-state index in [1.807, 2.05) is 0 Å². The van der Waals surface area contributed by atoms with Crippen molar-refractivity contribution in [1.82, 2.24) is 0 Å². The Balaban J connectivity index is 0. The van der Waals surface area contributed by atoms with Crippen LogP contribution in [0.1, 0.15) is 10.4 Å². The summed E-state index contributed by atoms with van der Waals surface area (Å²) in [6, 6.07) is 4.70. The molecule has 0 fully saturated rings. The summed E-state index contributed by atoms with van der Waals surface area (Å²) in [5.74, 6) is -1.42. The van der Waals surface area contributed by atoms with Gasteiger partial charge in [-0.05, 0) is 0 Å². The van der Waals surface area contributed by atoms with Gasteiger partial charge >= 0.3 is 29.6 Å². The number of rotatable bonds is 2. The SMILES string of the molecule is O.O=C([O-])c1cccc([N+](=O)[O-])c1.[Na+]. The van der Waals surface area contributed by atoms with Crippen molar-refractivity contribution >= 4 is 11.7 Å². The number of carbonyl (C=O) groups excluding carboxylic acids is 1. The number of aromatic carboxylic acids is 1. The number of benzene rings is 1. The van der Waals surface area contributed by atoms with Gasteiger partial charge in [0.1, 0.15) is 0 Å². The number of non-ortho nitro benzene ring substituents is 1. The monoisotopic (exact) mass is 207 g/mol. The van der Waals surface area contributed by atoms with Crippen LogP contribution >= 0.6 is 0 Å². The Morgan fingerprint density at radius 3 is 2.36 bits per heavy atom. The van der Waals surface area contributed by atoms with Gasteiger partial charge < -0.3 is 15.4 Å². The second-order valence-electron chi connectivity index (χ2n) is 2.09. The largest absolute Gasteiger partial charge is 1.00 e. The van der Waals surface area contributed by atoms with E-state index < -0.39 is 10.9 Å². The third kappa shape index (κ3) is 3.84. The van der Waals surface area contributed by atoms with Gasteiger partial charge in [0.05, 0.1) is 10.9 Å². The fourth-order valence-electron chi connectivity index (χ4n) is 0.746. The van der Waals surface area contributed by atoms with Gasteiger partial charge in [0.25, 0.3) is 5.69 Å². The van der Waals surface area contributed by atoms with Crippen LogP contribution in [0.4, 0.5) is 5.69 Å². The van der Waals surface area contributed by atoms with Crippen LogP contribution in [0.25, 0.3) is 0 Å². The molecule has 1 aromatic carbocycles. The van der Waals surface area contributed by atoms with E-state index in [2.05, 4.69) is 0 Å². The van der Waals surface area contributed by atoms with E-state index >= 15 is 0 Å². The quantitative estimate of drug-likeness (QED) is 0.280. The van der Waals surface area contributed by atoms with Gasteiger partial charge in [0, 0.05) is 17.7 Å². The van der Waals surface area contributed by atoms with Crippen LogP contribution in [-0.4, -0.2) is 16.4 Å². The number of hydrogen-bond acceptors (Lipinski definition) is 4. The van der Waals surface area contributed by atoms with Gasteiger partial charge in [0.15, 0.2) is 0 Å². The maximum atomic E-state index is 10.2. The maximum Gasteiger partial charge on any atom is 1.00 e. The normalized spacial score (nSPS) is 8.00. The molecular weight excluding hydrogens is 201 g/mol. The van der Waals surface area contributed by atoms with Gasteiger partial charge in [-0.15, -0.1) is 0 Å². The molecule has 0 amide bonds. The van der Waals surface area contributed by atoms with Crippen LogP contribution in [0, 0.1) is 10.1 Å². The molecule has 0 unspecified atom stereocenters. The summed E-state index contributed by atoms with van der Waals surface area (Å²) in [5, 5.41) is 20.4. The molecule has 70 valence electrons. The van der Waals surface area contributed by atoms with Crippen molar-refractivity contribution in [2.24, 2.45) is 0 Å². The van der Waals surface area contributed by atoms with E-state index in [-0.39, 0.29) is 46.3 Å². The maximum absolute atomic E-state index is 10.2. The molecule has 0 heterocycles. The van der Waals surface area contributed by atoms with Gasteiger partial charge in [-0.2, -0.15) is 0 Å². The zero-order valence-corrected chi connectivity index (χ0v) is 9.39. The Kier molecular flexibility index (Phi) is 7.20. The first-order chi connectivity index (χ1) is 5.61. The Morgan fingerprint density at radius 1 is 1.36 bits per heavy atom. The topological polar surface area (TPSA) is 115 Å². The number of carbonyl (C=O) groups is 1. The van der Waals surface area contributed by atoms with Crippen molar-refractivity contribution in [2.45, 2.75) is 0 Å². The van der Waals surface area contributed by atoms with Gasteiger partial charge in [0.2, 0.25) is 0 Å². The number of nitrogens with zero attached hydrogens (tertiary/aromatic N) is 1. The molecular formula is C7H6NNaO5. The average Bonchev–Trinajstić information content (AvgIpc) is 2.04. The Bertz CT molecular complexity index is 311. The molecule has 0 aliphatic heterocycles. The van der Waals surface area contributed by atoms with Crippen LogP contribution in [0.15, 0.2) is 24.3 Å². The van der Waals surface area contributed by atoms with E-state index in [9.17, 15) is 20.0 Å². The predicted octanol–water partition coefficient (Wildman–Crippen LogP) is -3.86. The van der Waals surface area contributed by atoms with Crippen LogP contribution in [0.2, 0.25) is 0 Å². The molecule has 1 rings (SSSR count). The minimum atomic E-state index is -1.42. The van der Waals surface area contributed by atoms with Crippen LogP contribution in [-0.2, 0) is 0 Å². The standard InChI is InChI=1S/C7H5NO4.Na.H2O/c9-7(10)5-2-1-3-6(4-5)8(11)12;;/h1-4H,(H,9,10);;1H2/q;+1;/p-1. The molecule has 2 N–H and O–H groups in total. The van der Waals surface area contributed by atoms with E-state index in [1.165, 1.54) is 18.2 Å². The molecule has 0 aromatic heterocycles. The molecule has 1 aromatic rings. The van der Waals surface area contributed by atoms with Crippen molar-refractivity contribution < 1.29 is 49.9 Å². The van der Waals surface area contributed by atoms with Crippen LogP contribution in [0.5, 0.6) is 0 Å². The smallest absolute Gasteiger partial charge is 0.545 e. The first-order valence-corrected chi connectivity index (χ1v) is 3.07. The Labute approximate surface area is 101 Å². The zero-order valence-electron chi connectivity index (χ0n) is 7.39. The third-order valence-electron chi connectivity index (χ3n) is 1.29. The molecule has 0 bridgehead atoms. The van der Waals surface area contributed by atoms with Crippen molar-refractivity contribution in [2.75, 3.05) is 0 Å². The van der Waals surface area contributed by atoms with E-state index in [4.69, 9.17) is 0 Å². The van der Waals surface area contributed by atoms with Gasteiger partial charge in [-0.25, -0.2) is 0 Å². The molecule has 0 saturated heterocycles. The fraction of sp³-hybridized carbons (Fsp3) is 0. The molecule has 0 aliphatic rings. The second kappa shape index (κ2) is 6.50. The Hall–Kier alpha value is -0.950. The first kappa shape index (κ1) is 15.5. The summed E-state index contributed by atoms with van der Waals surface area (Å²) in [4.78, 5) is 19.7. The summed E-state index contributed by atoms with van der Waals surface area (Å²) in [7, 11) is 0. The molecule has 0 radical (unpaired) electrons. The minimum Gasteiger partial charge on any atom is -0.545 e. The molecule has 0 atom stereocenters. The number of carboxylic acids is 1. The number of carboxylic acid groups (broad SMARTS) is 1. The van der Waals surface area contributed by atoms with Crippen molar-refractivity contribution in [3.05, 3.63) is 39.9 Å². The van der Waals surface area contributed by atoms with E-state index in [1.54, 1.807) is 0 Å². The van der Waals surface area contributed by atoms with Crippen LogP contribution in [0.3, 0.4) is 0 Å². The predicted molar refractivity (Wildman–Crippen MR) is 41.0 cm³/mol. The van der Waals surface area contributed by atoms with Crippen LogP contribution < -0.4 is 34.7 Å². The second-order valence-corrected chi connectivity index (χ2v) is 2.09. The molecule has 0 spiro atoms. The third-order valence-corrected chi connectivity index (χ3v) is 1.29. The molecule has 0 aliphatic carbocycles. The van der Waals surface area contributed by atoms with E-state index in [0.717, 1.165) is 6.07 Å². The van der Waals surface area contributed by atoms with Crippen molar-refractivity contribution in [3.63, 3.8) is 0 Å².